The lowest BCUT2D eigenvalue weighted by Gasteiger charge is -2.35. The SMILES string of the molecule is Cc1[nH]c2ccccc2c1C1C(=O)NCCN1Cc1ccc(Cl)c(Cl)c1. The molecular weight excluding hydrogens is 369 g/mol. The van der Waals surface area contributed by atoms with Gasteiger partial charge in [0.05, 0.1) is 10.0 Å². The van der Waals surface area contributed by atoms with Gasteiger partial charge in [0.2, 0.25) is 5.91 Å². The molecule has 1 saturated heterocycles. The van der Waals surface area contributed by atoms with Crippen LogP contribution in [0.15, 0.2) is 42.5 Å². The lowest BCUT2D eigenvalue weighted by Crippen LogP contribution is -2.49. The molecule has 0 saturated carbocycles. The Balaban J connectivity index is 1.74. The van der Waals surface area contributed by atoms with Gasteiger partial charge in [-0.25, -0.2) is 0 Å². The Morgan fingerprint density at radius 3 is 2.77 bits per heavy atom. The van der Waals surface area contributed by atoms with Crippen molar-refractivity contribution in [1.29, 1.82) is 0 Å². The molecule has 1 fully saturated rings. The van der Waals surface area contributed by atoms with Crippen LogP contribution in [0.2, 0.25) is 10.0 Å². The van der Waals surface area contributed by atoms with Gasteiger partial charge in [0, 0.05) is 41.8 Å². The van der Waals surface area contributed by atoms with Gasteiger partial charge in [-0.05, 0) is 30.7 Å². The fourth-order valence-electron chi connectivity index (χ4n) is 3.72. The molecule has 26 heavy (non-hydrogen) atoms. The number of halogens is 2. The maximum absolute atomic E-state index is 12.8. The van der Waals surface area contributed by atoms with Gasteiger partial charge in [-0.1, -0.05) is 47.5 Å². The molecule has 2 N–H and O–H groups in total. The van der Waals surface area contributed by atoms with Crippen LogP contribution < -0.4 is 5.32 Å². The first-order valence-corrected chi connectivity index (χ1v) is 9.33. The molecule has 1 unspecified atom stereocenters. The summed E-state index contributed by atoms with van der Waals surface area (Å²) in [6.07, 6.45) is 0. The summed E-state index contributed by atoms with van der Waals surface area (Å²) < 4.78 is 0. The van der Waals surface area contributed by atoms with Crippen molar-refractivity contribution >= 4 is 40.0 Å². The van der Waals surface area contributed by atoms with Gasteiger partial charge in [-0.15, -0.1) is 0 Å². The first-order chi connectivity index (χ1) is 12.5. The van der Waals surface area contributed by atoms with E-state index < -0.39 is 0 Å². The Kier molecular flexibility index (Phi) is 4.65. The maximum Gasteiger partial charge on any atom is 0.242 e. The van der Waals surface area contributed by atoms with Gasteiger partial charge in [0.1, 0.15) is 6.04 Å². The Labute approximate surface area is 162 Å². The summed E-state index contributed by atoms with van der Waals surface area (Å²) in [5.74, 6) is 0.0316. The van der Waals surface area contributed by atoms with Gasteiger partial charge in [0.15, 0.2) is 0 Å². The number of nitrogens with one attached hydrogen (secondary N) is 2. The Morgan fingerprint density at radius 1 is 1.15 bits per heavy atom. The smallest absolute Gasteiger partial charge is 0.242 e. The molecular formula is C20H19Cl2N3O. The number of para-hydroxylation sites is 1. The lowest BCUT2D eigenvalue weighted by atomic mass is 9.98. The monoisotopic (exact) mass is 387 g/mol. The summed E-state index contributed by atoms with van der Waals surface area (Å²) in [5.41, 5.74) is 4.15. The summed E-state index contributed by atoms with van der Waals surface area (Å²) >= 11 is 12.2. The van der Waals surface area contributed by atoms with Crippen molar-refractivity contribution in [3.63, 3.8) is 0 Å². The number of rotatable bonds is 3. The third kappa shape index (κ3) is 3.09. The molecule has 6 heteroatoms. The van der Waals surface area contributed by atoms with E-state index in [9.17, 15) is 4.79 Å². The van der Waals surface area contributed by atoms with E-state index in [-0.39, 0.29) is 11.9 Å². The minimum absolute atomic E-state index is 0.0316. The summed E-state index contributed by atoms with van der Waals surface area (Å²) in [6.45, 7) is 4.07. The fourth-order valence-corrected chi connectivity index (χ4v) is 4.04. The maximum atomic E-state index is 12.8. The van der Waals surface area contributed by atoms with Gasteiger partial charge < -0.3 is 10.3 Å². The number of aromatic nitrogens is 1. The number of nitrogens with zero attached hydrogens (tertiary/aromatic N) is 1. The number of piperazine rings is 1. The van der Waals surface area contributed by atoms with E-state index in [1.54, 1.807) is 6.07 Å². The first kappa shape index (κ1) is 17.4. The molecule has 1 amide bonds. The van der Waals surface area contributed by atoms with Crippen LogP contribution in [0.25, 0.3) is 10.9 Å². The normalized spacial score (nSPS) is 18.3. The zero-order valence-corrected chi connectivity index (χ0v) is 15.9. The molecule has 1 aromatic heterocycles. The minimum atomic E-state index is -0.339. The second-order valence-corrected chi connectivity index (χ2v) is 7.44. The summed E-state index contributed by atoms with van der Waals surface area (Å²) in [6, 6.07) is 13.4. The van der Waals surface area contributed by atoms with Gasteiger partial charge in [-0.3, -0.25) is 9.69 Å². The van der Waals surface area contributed by atoms with Crippen molar-refractivity contribution in [3.8, 4) is 0 Å². The largest absolute Gasteiger partial charge is 0.358 e. The number of benzene rings is 2. The highest BCUT2D eigenvalue weighted by Crippen LogP contribution is 2.34. The molecule has 134 valence electrons. The zero-order valence-electron chi connectivity index (χ0n) is 14.4. The molecule has 4 rings (SSSR count). The fraction of sp³-hybridized carbons (Fsp3) is 0.250. The molecule has 0 radical (unpaired) electrons. The molecule has 2 heterocycles. The topological polar surface area (TPSA) is 48.1 Å². The molecule has 1 atom stereocenters. The van der Waals surface area contributed by atoms with E-state index in [0.29, 0.717) is 23.1 Å². The van der Waals surface area contributed by atoms with Crippen LogP contribution >= 0.6 is 23.2 Å². The quantitative estimate of drug-likeness (QED) is 0.696. The van der Waals surface area contributed by atoms with Crippen molar-refractivity contribution in [1.82, 2.24) is 15.2 Å². The molecule has 1 aliphatic rings. The molecule has 4 nitrogen and oxygen atoms in total. The van der Waals surface area contributed by atoms with Crippen LogP contribution in [-0.2, 0) is 11.3 Å². The number of amides is 1. The van der Waals surface area contributed by atoms with E-state index in [1.807, 2.05) is 37.3 Å². The number of aryl methyl sites for hydroxylation is 1. The molecule has 0 aliphatic carbocycles. The minimum Gasteiger partial charge on any atom is -0.358 e. The van der Waals surface area contributed by atoms with Crippen molar-refractivity contribution < 1.29 is 4.79 Å². The summed E-state index contributed by atoms with van der Waals surface area (Å²) in [4.78, 5) is 18.4. The number of carbonyl (C=O) groups excluding carboxylic acids is 1. The number of hydrogen-bond donors (Lipinski definition) is 2. The second-order valence-electron chi connectivity index (χ2n) is 6.62. The average molecular weight is 388 g/mol. The van der Waals surface area contributed by atoms with Crippen molar-refractivity contribution in [2.24, 2.45) is 0 Å². The third-order valence-corrected chi connectivity index (χ3v) is 5.64. The van der Waals surface area contributed by atoms with Crippen LogP contribution in [0.3, 0.4) is 0 Å². The highest BCUT2D eigenvalue weighted by molar-refractivity contribution is 6.42. The van der Waals surface area contributed by atoms with E-state index in [2.05, 4.69) is 21.3 Å². The molecule has 0 bridgehead atoms. The van der Waals surface area contributed by atoms with Crippen molar-refractivity contribution in [2.45, 2.75) is 19.5 Å². The highest BCUT2D eigenvalue weighted by atomic mass is 35.5. The zero-order chi connectivity index (χ0) is 18.3. The third-order valence-electron chi connectivity index (χ3n) is 4.90. The van der Waals surface area contributed by atoms with Crippen molar-refractivity contribution in [3.05, 3.63) is 69.3 Å². The van der Waals surface area contributed by atoms with Crippen molar-refractivity contribution in [2.75, 3.05) is 13.1 Å². The number of hydrogen-bond acceptors (Lipinski definition) is 2. The van der Waals surface area contributed by atoms with Crippen LogP contribution in [-0.4, -0.2) is 28.9 Å². The van der Waals surface area contributed by atoms with Crippen LogP contribution in [0, 0.1) is 6.92 Å². The molecule has 3 aromatic rings. The Hall–Kier alpha value is -2.01. The van der Waals surface area contributed by atoms with Crippen LogP contribution in [0.5, 0.6) is 0 Å². The predicted octanol–water partition coefficient (Wildman–Crippen LogP) is 4.46. The Bertz CT molecular complexity index is 982. The van der Waals surface area contributed by atoms with Gasteiger partial charge in [-0.2, -0.15) is 0 Å². The van der Waals surface area contributed by atoms with E-state index >= 15 is 0 Å². The molecule has 0 spiro atoms. The molecule has 2 aromatic carbocycles. The number of H-pyrrole nitrogens is 1. The van der Waals surface area contributed by atoms with E-state index in [0.717, 1.165) is 34.3 Å². The van der Waals surface area contributed by atoms with Gasteiger partial charge in [0.25, 0.3) is 0 Å². The van der Waals surface area contributed by atoms with Crippen LogP contribution in [0.4, 0.5) is 0 Å². The highest BCUT2D eigenvalue weighted by Gasteiger charge is 2.34. The average Bonchev–Trinajstić information content (AvgIpc) is 2.94. The molecule has 1 aliphatic heterocycles. The standard InChI is InChI=1S/C20H19Cl2N3O/c1-12-18(14-4-2-3-5-17(14)24-12)19-20(26)23-8-9-25(19)11-13-6-7-15(21)16(22)10-13/h2-7,10,19,24H,8-9,11H2,1H3,(H,23,26). The van der Waals surface area contributed by atoms with Crippen LogP contribution in [0.1, 0.15) is 22.9 Å². The second kappa shape index (κ2) is 6.95. The lowest BCUT2D eigenvalue weighted by molar-refractivity contribution is -0.129. The van der Waals surface area contributed by atoms with E-state index in [4.69, 9.17) is 23.2 Å². The number of fused-ring (bicyclic) bond motifs is 1. The Morgan fingerprint density at radius 2 is 1.96 bits per heavy atom. The number of carbonyl (C=O) groups is 1. The first-order valence-electron chi connectivity index (χ1n) is 8.57. The summed E-state index contributed by atoms with van der Waals surface area (Å²) in [5, 5.41) is 5.17. The van der Waals surface area contributed by atoms with E-state index in [1.165, 1.54) is 0 Å². The predicted molar refractivity (Wildman–Crippen MR) is 106 cm³/mol. The summed E-state index contributed by atoms with van der Waals surface area (Å²) in [7, 11) is 0. The van der Waals surface area contributed by atoms with Gasteiger partial charge >= 0.3 is 0 Å². The number of aromatic amines is 1.